The lowest BCUT2D eigenvalue weighted by Crippen LogP contribution is -2.79. The highest BCUT2D eigenvalue weighted by Crippen LogP contribution is 2.68. The second-order valence-electron chi connectivity index (χ2n) is 17.6. The van der Waals surface area contributed by atoms with E-state index in [0.29, 0.717) is 17.6 Å². The Labute approximate surface area is 306 Å². The highest BCUT2D eigenvalue weighted by atomic mass is 16.7. The summed E-state index contributed by atoms with van der Waals surface area (Å²) in [5.41, 5.74) is -6.31. The van der Waals surface area contributed by atoms with Crippen molar-refractivity contribution >= 4 is 18.0 Å². The zero-order valence-electron chi connectivity index (χ0n) is 32.1. The second kappa shape index (κ2) is 13.9. The smallest absolute Gasteiger partial charge is 0.407 e. The van der Waals surface area contributed by atoms with Crippen LogP contribution in [0.2, 0.25) is 0 Å². The minimum atomic E-state index is -1.81. The van der Waals surface area contributed by atoms with Crippen molar-refractivity contribution in [2.24, 2.45) is 22.7 Å². The van der Waals surface area contributed by atoms with Gasteiger partial charge in [-0.3, -0.25) is 4.79 Å². The Kier molecular flexibility index (Phi) is 10.9. The highest BCUT2D eigenvalue weighted by molar-refractivity contribution is 5.77. The lowest BCUT2D eigenvalue weighted by molar-refractivity contribution is -0.398. The number of nitrogens with one attached hydrogen (secondary N) is 1. The molecule has 14 nitrogen and oxygen atoms in total. The van der Waals surface area contributed by atoms with Gasteiger partial charge in [0.2, 0.25) is 0 Å². The number of alkyl carbamates (subject to hydrolysis) is 1. The van der Waals surface area contributed by atoms with E-state index in [1.165, 1.54) is 20.8 Å². The van der Waals surface area contributed by atoms with Crippen LogP contribution < -0.4 is 5.32 Å². The molecule has 13 atom stereocenters. The maximum atomic E-state index is 13.8. The average Bonchev–Trinajstić information content (AvgIpc) is 3.26. The molecular formula is C38H59NO13. The number of hydrogen-bond acceptors (Lipinski definition) is 13. The highest BCUT2D eigenvalue weighted by Gasteiger charge is 2.78. The third-order valence-corrected chi connectivity index (χ3v) is 12.0. The zero-order valence-corrected chi connectivity index (χ0v) is 32.1. The van der Waals surface area contributed by atoms with E-state index >= 15 is 0 Å². The standard InChI is InChI=1S/C38H59NO13/c1-12-13-25-50-23-15-24-38(46,17-47-24)29-30(42)37(35(9,10)45)16-22(19(4)26(37)28(48-20(5)40)31(51-25)36(23,29)11)49-32(43)27(41)21(14-18(2)3)39-33(44)52-34(6,7)8/h12,18,21-25,27-31,41-42,45-46H,1,13-17H2,2-11H3,(H,39,44)/t21?,22-,23-,24+,25+,27+,28-,29-,30-,31-,36+,37-,38-/m0/s1. The number of amides is 1. The van der Waals surface area contributed by atoms with Crippen LogP contribution in [0.15, 0.2) is 23.8 Å². The summed E-state index contributed by atoms with van der Waals surface area (Å²) in [6, 6.07) is -1.06. The first kappa shape index (κ1) is 40.6. The molecule has 5 aliphatic rings. The third kappa shape index (κ3) is 6.70. The predicted octanol–water partition coefficient (Wildman–Crippen LogP) is 2.82. The van der Waals surface area contributed by atoms with Crippen molar-refractivity contribution in [3.8, 4) is 0 Å². The van der Waals surface area contributed by atoms with Crippen LogP contribution in [-0.4, -0.2) is 117 Å². The summed E-state index contributed by atoms with van der Waals surface area (Å²) in [5, 5.41) is 51.4. The molecule has 1 amide bonds. The van der Waals surface area contributed by atoms with Gasteiger partial charge in [-0.25, -0.2) is 9.59 Å². The van der Waals surface area contributed by atoms with E-state index in [9.17, 15) is 34.8 Å². The second-order valence-corrected chi connectivity index (χ2v) is 17.6. The number of carbonyl (C=O) groups excluding carboxylic acids is 3. The summed E-state index contributed by atoms with van der Waals surface area (Å²) in [6.45, 7) is 20.4. The first-order valence-electron chi connectivity index (χ1n) is 18.3. The van der Waals surface area contributed by atoms with Crippen LogP contribution in [-0.2, 0) is 38.0 Å². The lowest BCUT2D eigenvalue weighted by atomic mass is 9.49. The van der Waals surface area contributed by atoms with Gasteiger partial charge in [0.05, 0.1) is 42.0 Å². The summed E-state index contributed by atoms with van der Waals surface area (Å²) in [4.78, 5) is 39.5. The minimum Gasteiger partial charge on any atom is -0.456 e. The molecule has 0 spiro atoms. The average molecular weight is 738 g/mol. The van der Waals surface area contributed by atoms with Crippen LogP contribution in [0.5, 0.6) is 0 Å². The number of hydrogen-bond donors (Lipinski definition) is 5. The molecule has 2 heterocycles. The van der Waals surface area contributed by atoms with Crippen LogP contribution in [0, 0.1) is 22.7 Å². The monoisotopic (exact) mass is 737 g/mol. The molecular weight excluding hydrogens is 678 g/mol. The van der Waals surface area contributed by atoms with Crippen LogP contribution in [0.25, 0.3) is 0 Å². The van der Waals surface area contributed by atoms with Gasteiger partial charge in [-0.15, -0.1) is 6.58 Å². The minimum absolute atomic E-state index is 0.0365. The molecule has 0 aromatic rings. The first-order valence-corrected chi connectivity index (χ1v) is 18.3. The molecule has 2 saturated carbocycles. The van der Waals surface area contributed by atoms with Crippen LogP contribution in [0.1, 0.15) is 94.9 Å². The van der Waals surface area contributed by atoms with Crippen molar-refractivity contribution in [3.63, 3.8) is 0 Å². The Morgan fingerprint density at radius 1 is 1.12 bits per heavy atom. The van der Waals surface area contributed by atoms with Crippen molar-refractivity contribution in [1.82, 2.24) is 5.32 Å². The Balaban J connectivity index is 1.61. The fourth-order valence-electron chi connectivity index (χ4n) is 9.72. The SMILES string of the molecule is C=CC[C@@H]1O[C@H]2C[C@H]3OC[C@@]3(O)[C@H]3[C@H](O)[C@]4(C(C)(C)O)C[C@H](OC(=O)[C@H](O)C(CC(C)C)NC(=O)OC(C)(C)C)C(C)=C4[C@H](OC(C)=O)[C@H](O1)[C@]23C. The van der Waals surface area contributed by atoms with Gasteiger partial charge in [-0.1, -0.05) is 26.8 Å². The third-order valence-electron chi connectivity index (χ3n) is 12.0. The fraction of sp³-hybridized carbons (Fsp3) is 0.816. The number of ether oxygens (including phenoxy) is 6. The summed E-state index contributed by atoms with van der Waals surface area (Å²) in [7, 11) is 0. The molecule has 14 heteroatoms. The number of aliphatic hydroxyl groups excluding tert-OH is 2. The van der Waals surface area contributed by atoms with Gasteiger partial charge in [-0.05, 0) is 65.0 Å². The molecule has 5 rings (SSSR count). The molecule has 5 N–H and O–H groups in total. The number of fused-ring (bicyclic) bond motifs is 3. The summed E-state index contributed by atoms with van der Waals surface area (Å²) >= 11 is 0. The number of aliphatic hydroxyl groups is 4. The van der Waals surface area contributed by atoms with Gasteiger partial charge in [0.15, 0.2) is 18.5 Å². The van der Waals surface area contributed by atoms with Gasteiger partial charge < -0.3 is 54.2 Å². The van der Waals surface area contributed by atoms with Gasteiger partial charge in [0, 0.05) is 37.5 Å². The Morgan fingerprint density at radius 2 is 1.77 bits per heavy atom. The van der Waals surface area contributed by atoms with Crippen molar-refractivity contribution in [1.29, 1.82) is 0 Å². The van der Waals surface area contributed by atoms with Crippen molar-refractivity contribution in [2.45, 2.75) is 167 Å². The first-order chi connectivity index (χ1) is 23.9. The molecule has 0 radical (unpaired) electrons. The van der Waals surface area contributed by atoms with Crippen LogP contribution in [0.3, 0.4) is 0 Å². The van der Waals surface area contributed by atoms with Crippen LogP contribution in [0.4, 0.5) is 4.79 Å². The van der Waals surface area contributed by atoms with Gasteiger partial charge in [-0.2, -0.15) is 0 Å². The molecule has 52 heavy (non-hydrogen) atoms. The van der Waals surface area contributed by atoms with E-state index in [2.05, 4.69) is 11.9 Å². The molecule has 294 valence electrons. The zero-order chi connectivity index (χ0) is 38.9. The van der Waals surface area contributed by atoms with Crippen molar-refractivity contribution in [3.05, 3.63) is 23.8 Å². The largest absolute Gasteiger partial charge is 0.456 e. The molecule has 1 unspecified atom stereocenters. The van der Waals surface area contributed by atoms with E-state index in [1.54, 1.807) is 33.8 Å². The molecule has 0 aromatic carbocycles. The van der Waals surface area contributed by atoms with E-state index in [1.807, 2.05) is 20.8 Å². The van der Waals surface area contributed by atoms with Crippen molar-refractivity contribution < 1.29 is 63.2 Å². The quantitative estimate of drug-likeness (QED) is 0.125. The Morgan fingerprint density at radius 3 is 2.29 bits per heavy atom. The fourth-order valence-corrected chi connectivity index (χ4v) is 9.72. The summed E-state index contributed by atoms with van der Waals surface area (Å²) in [6.07, 6.45) is -7.34. The maximum absolute atomic E-state index is 13.8. The number of rotatable bonds is 10. The maximum Gasteiger partial charge on any atom is 0.407 e. The summed E-state index contributed by atoms with van der Waals surface area (Å²) < 4.78 is 36.5. The van der Waals surface area contributed by atoms with Gasteiger partial charge >= 0.3 is 18.0 Å². The van der Waals surface area contributed by atoms with E-state index < -0.39 is 107 Å². The molecule has 3 aliphatic carbocycles. The molecule has 0 aromatic heterocycles. The van der Waals surface area contributed by atoms with E-state index in [0.717, 1.165) is 0 Å². The van der Waals surface area contributed by atoms with Crippen LogP contribution >= 0.6 is 0 Å². The Hall–Kier alpha value is -2.59. The molecule has 4 fully saturated rings. The number of esters is 2. The van der Waals surface area contributed by atoms with Gasteiger partial charge in [0.25, 0.3) is 0 Å². The van der Waals surface area contributed by atoms with Crippen molar-refractivity contribution in [2.75, 3.05) is 6.61 Å². The van der Waals surface area contributed by atoms with E-state index in [-0.39, 0.29) is 31.8 Å². The number of carbonyl (C=O) groups is 3. The lowest BCUT2D eigenvalue weighted by Gasteiger charge is -2.66. The molecule has 2 saturated heterocycles. The predicted molar refractivity (Wildman–Crippen MR) is 185 cm³/mol. The van der Waals surface area contributed by atoms with E-state index in [4.69, 9.17) is 28.4 Å². The topological polar surface area (TPSA) is 200 Å². The molecule has 0 bridgehead atoms. The summed E-state index contributed by atoms with van der Waals surface area (Å²) in [5.74, 6) is -2.77. The molecule has 2 aliphatic heterocycles. The Bertz CT molecular complexity index is 1450. The van der Waals surface area contributed by atoms with Gasteiger partial charge in [0.1, 0.15) is 23.4 Å². The normalized spacial score (nSPS) is 39.5.